The van der Waals surface area contributed by atoms with Crippen molar-refractivity contribution >= 4 is 23.6 Å². The van der Waals surface area contributed by atoms with Crippen molar-refractivity contribution in [2.45, 2.75) is 43.9 Å². The summed E-state index contributed by atoms with van der Waals surface area (Å²) in [6, 6.07) is 0. The third-order valence-corrected chi connectivity index (χ3v) is 5.28. The number of piperazine rings is 1. The highest BCUT2D eigenvalue weighted by Gasteiger charge is 2.47. The summed E-state index contributed by atoms with van der Waals surface area (Å²) < 4.78 is -0.325. The molecular weight excluding hydrogens is 236 g/mol. The fourth-order valence-corrected chi connectivity index (χ4v) is 3.75. The molecule has 17 heavy (non-hydrogen) atoms. The zero-order valence-corrected chi connectivity index (χ0v) is 11.5. The summed E-state index contributed by atoms with van der Waals surface area (Å²) in [5, 5.41) is 2.82. The lowest BCUT2D eigenvalue weighted by atomic mass is 9.95. The standard InChI is InChI=1S/C12H20N2O2S/c1-11(2)9(15)13-6-7-14(11)10(16)12(3)5-4-8-17-12/h4-8H2,1-3H3,(H,13,15). The number of carbonyl (C=O) groups excluding carboxylic acids is 2. The first-order chi connectivity index (χ1) is 7.88. The van der Waals surface area contributed by atoms with Gasteiger partial charge in [0.1, 0.15) is 5.54 Å². The maximum absolute atomic E-state index is 12.6. The molecule has 2 aliphatic rings. The number of hydrogen-bond donors (Lipinski definition) is 1. The molecule has 1 unspecified atom stereocenters. The van der Waals surface area contributed by atoms with Crippen LogP contribution in [-0.2, 0) is 9.59 Å². The van der Waals surface area contributed by atoms with Gasteiger partial charge in [-0.25, -0.2) is 0 Å². The Bertz CT molecular complexity index is 348. The second-order valence-electron chi connectivity index (χ2n) is 5.45. The summed E-state index contributed by atoms with van der Waals surface area (Å²) in [7, 11) is 0. The molecule has 2 fully saturated rings. The van der Waals surface area contributed by atoms with Crippen molar-refractivity contribution in [1.29, 1.82) is 0 Å². The molecule has 0 aliphatic carbocycles. The Morgan fingerprint density at radius 3 is 2.71 bits per heavy atom. The van der Waals surface area contributed by atoms with E-state index >= 15 is 0 Å². The van der Waals surface area contributed by atoms with Gasteiger partial charge in [-0.05, 0) is 39.4 Å². The molecule has 2 aliphatic heterocycles. The van der Waals surface area contributed by atoms with Crippen LogP contribution in [0.4, 0.5) is 0 Å². The van der Waals surface area contributed by atoms with Crippen LogP contribution in [0.1, 0.15) is 33.6 Å². The second-order valence-corrected chi connectivity index (χ2v) is 7.05. The summed E-state index contributed by atoms with van der Waals surface area (Å²) >= 11 is 1.73. The van der Waals surface area contributed by atoms with Crippen molar-refractivity contribution in [2.24, 2.45) is 0 Å². The third-order valence-electron chi connectivity index (χ3n) is 3.77. The van der Waals surface area contributed by atoms with E-state index in [4.69, 9.17) is 0 Å². The van der Waals surface area contributed by atoms with E-state index in [1.54, 1.807) is 16.7 Å². The SMILES string of the molecule is CC1(C(=O)N2CCNC(=O)C2(C)C)CCCS1. The van der Waals surface area contributed by atoms with Crippen LogP contribution in [0.3, 0.4) is 0 Å². The van der Waals surface area contributed by atoms with Gasteiger partial charge in [0.2, 0.25) is 11.8 Å². The van der Waals surface area contributed by atoms with Crippen LogP contribution in [0.15, 0.2) is 0 Å². The minimum atomic E-state index is -0.721. The van der Waals surface area contributed by atoms with Gasteiger partial charge in [-0.3, -0.25) is 9.59 Å². The molecule has 0 saturated carbocycles. The van der Waals surface area contributed by atoms with E-state index in [2.05, 4.69) is 5.32 Å². The fraction of sp³-hybridized carbons (Fsp3) is 0.833. The topological polar surface area (TPSA) is 49.4 Å². The van der Waals surface area contributed by atoms with Gasteiger partial charge in [-0.2, -0.15) is 0 Å². The Morgan fingerprint density at radius 1 is 1.41 bits per heavy atom. The molecule has 0 aromatic rings. The number of rotatable bonds is 1. The molecule has 0 spiro atoms. The first-order valence-electron chi connectivity index (χ1n) is 6.12. The lowest BCUT2D eigenvalue weighted by Gasteiger charge is -2.44. The molecule has 2 rings (SSSR count). The van der Waals surface area contributed by atoms with Gasteiger partial charge in [-0.1, -0.05) is 0 Å². The van der Waals surface area contributed by atoms with E-state index in [0.717, 1.165) is 18.6 Å². The number of thioether (sulfide) groups is 1. The van der Waals surface area contributed by atoms with Crippen molar-refractivity contribution in [3.05, 3.63) is 0 Å². The molecule has 0 radical (unpaired) electrons. The van der Waals surface area contributed by atoms with Crippen LogP contribution < -0.4 is 5.32 Å². The molecular formula is C12H20N2O2S. The number of hydrogen-bond acceptors (Lipinski definition) is 3. The quantitative estimate of drug-likeness (QED) is 0.762. The summed E-state index contributed by atoms with van der Waals surface area (Å²) in [4.78, 5) is 26.2. The van der Waals surface area contributed by atoms with Crippen LogP contribution in [0.5, 0.6) is 0 Å². The minimum Gasteiger partial charge on any atom is -0.352 e. The number of nitrogens with one attached hydrogen (secondary N) is 1. The van der Waals surface area contributed by atoms with E-state index in [1.807, 2.05) is 20.8 Å². The van der Waals surface area contributed by atoms with Gasteiger partial charge in [-0.15, -0.1) is 11.8 Å². The van der Waals surface area contributed by atoms with Gasteiger partial charge < -0.3 is 10.2 Å². The monoisotopic (exact) mass is 256 g/mol. The molecule has 2 heterocycles. The van der Waals surface area contributed by atoms with Crippen molar-refractivity contribution in [2.75, 3.05) is 18.8 Å². The van der Waals surface area contributed by atoms with E-state index in [9.17, 15) is 9.59 Å². The highest BCUT2D eigenvalue weighted by atomic mass is 32.2. The molecule has 5 heteroatoms. The van der Waals surface area contributed by atoms with Gasteiger partial charge in [0.25, 0.3) is 0 Å². The van der Waals surface area contributed by atoms with Crippen molar-refractivity contribution in [3.8, 4) is 0 Å². The van der Waals surface area contributed by atoms with E-state index in [0.29, 0.717) is 13.1 Å². The Hall–Kier alpha value is -0.710. The highest BCUT2D eigenvalue weighted by Crippen LogP contribution is 2.40. The lowest BCUT2D eigenvalue weighted by Crippen LogP contribution is -2.65. The molecule has 0 aromatic heterocycles. The van der Waals surface area contributed by atoms with Gasteiger partial charge in [0.05, 0.1) is 4.75 Å². The number of nitrogens with zero attached hydrogens (tertiary/aromatic N) is 1. The van der Waals surface area contributed by atoms with E-state index in [1.165, 1.54) is 0 Å². The zero-order valence-electron chi connectivity index (χ0n) is 10.7. The third kappa shape index (κ3) is 2.05. The molecule has 2 saturated heterocycles. The first-order valence-corrected chi connectivity index (χ1v) is 7.11. The molecule has 0 aromatic carbocycles. The summed E-state index contributed by atoms with van der Waals surface area (Å²) in [6.45, 7) is 6.84. The number of carbonyl (C=O) groups is 2. The Kier molecular flexibility index (Phi) is 3.14. The number of amides is 2. The normalized spacial score (nSPS) is 32.4. The van der Waals surface area contributed by atoms with Gasteiger partial charge in [0, 0.05) is 13.1 Å². The van der Waals surface area contributed by atoms with Crippen LogP contribution in [0, 0.1) is 0 Å². The fourth-order valence-electron chi connectivity index (χ4n) is 2.49. The average molecular weight is 256 g/mol. The Balaban J connectivity index is 2.21. The van der Waals surface area contributed by atoms with Crippen molar-refractivity contribution in [1.82, 2.24) is 10.2 Å². The van der Waals surface area contributed by atoms with Crippen LogP contribution >= 0.6 is 11.8 Å². The minimum absolute atomic E-state index is 0.0521. The summed E-state index contributed by atoms with van der Waals surface area (Å²) in [5.41, 5.74) is -0.721. The van der Waals surface area contributed by atoms with Gasteiger partial charge in [0.15, 0.2) is 0 Å². The maximum Gasteiger partial charge on any atom is 0.245 e. The first kappa shape index (κ1) is 12.7. The Morgan fingerprint density at radius 2 is 2.12 bits per heavy atom. The molecule has 1 N–H and O–H groups in total. The summed E-state index contributed by atoms with van der Waals surface area (Å²) in [6.07, 6.45) is 2.01. The predicted octanol–water partition coefficient (Wildman–Crippen LogP) is 1.01. The molecule has 1 atom stereocenters. The zero-order chi connectivity index (χ0) is 12.7. The maximum atomic E-state index is 12.6. The van der Waals surface area contributed by atoms with Crippen molar-refractivity contribution < 1.29 is 9.59 Å². The van der Waals surface area contributed by atoms with E-state index < -0.39 is 5.54 Å². The molecule has 4 nitrogen and oxygen atoms in total. The van der Waals surface area contributed by atoms with Crippen LogP contribution in [-0.4, -0.2) is 45.8 Å². The molecule has 0 bridgehead atoms. The van der Waals surface area contributed by atoms with Gasteiger partial charge >= 0.3 is 0 Å². The van der Waals surface area contributed by atoms with E-state index in [-0.39, 0.29) is 16.6 Å². The highest BCUT2D eigenvalue weighted by molar-refractivity contribution is 8.01. The smallest absolute Gasteiger partial charge is 0.245 e. The predicted molar refractivity (Wildman–Crippen MR) is 68.9 cm³/mol. The second kappa shape index (κ2) is 4.19. The average Bonchev–Trinajstić information content (AvgIpc) is 2.70. The molecule has 2 amide bonds. The summed E-state index contributed by atoms with van der Waals surface area (Å²) in [5.74, 6) is 1.12. The lowest BCUT2D eigenvalue weighted by molar-refractivity contribution is -0.150. The largest absolute Gasteiger partial charge is 0.352 e. The Labute approximate surface area is 106 Å². The molecule has 96 valence electrons. The van der Waals surface area contributed by atoms with Crippen LogP contribution in [0.2, 0.25) is 0 Å². The van der Waals surface area contributed by atoms with Crippen molar-refractivity contribution in [3.63, 3.8) is 0 Å². The van der Waals surface area contributed by atoms with Crippen LogP contribution in [0.25, 0.3) is 0 Å².